The van der Waals surface area contributed by atoms with E-state index in [0.717, 1.165) is 0 Å². The van der Waals surface area contributed by atoms with Crippen molar-refractivity contribution in [1.82, 2.24) is 14.9 Å². The molecule has 0 unspecified atom stereocenters. The summed E-state index contributed by atoms with van der Waals surface area (Å²) < 4.78 is 25.6. The van der Waals surface area contributed by atoms with Gasteiger partial charge in [0.25, 0.3) is 0 Å². The number of hydrogen-bond acceptors (Lipinski definition) is 4. The van der Waals surface area contributed by atoms with Crippen LogP contribution in [0.3, 0.4) is 0 Å². The zero-order chi connectivity index (χ0) is 11.6. The van der Waals surface area contributed by atoms with Gasteiger partial charge in [0.15, 0.2) is 0 Å². The van der Waals surface area contributed by atoms with Crippen LogP contribution in [0.2, 0.25) is 0 Å². The lowest BCUT2D eigenvalue weighted by molar-refractivity contribution is 0.592. The summed E-state index contributed by atoms with van der Waals surface area (Å²) >= 11 is 0. The Hall–Kier alpha value is -1.56. The molecule has 1 aromatic heterocycles. The van der Waals surface area contributed by atoms with Crippen molar-refractivity contribution in [1.29, 1.82) is 0 Å². The van der Waals surface area contributed by atoms with E-state index in [0.29, 0.717) is 7.31 Å². The molecule has 0 amide bonds. The molecule has 1 heterocycles. The molecule has 0 N–H and O–H groups in total. The highest BCUT2D eigenvalue weighted by Crippen LogP contribution is 2.17. The third kappa shape index (κ3) is 1.88. The maximum absolute atomic E-state index is 12.0. The van der Waals surface area contributed by atoms with E-state index >= 15 is 0 Å². The molecular weight excluding hydrogens is 224 g/mol. The zero-order valence-corrected chi connectivity index (χ0v) is 9.55. The molecule has 0 radical (unpaired) electrons. The van der Waals surface area contributed by atoms with Crippen LogP contribution in [-0.4, -0.2) is 38.4 Å². The van der Waals surface area contributed by atoms with Gasteiger partial charge in [-0.05, 0) is 12.1 Å². The summed E-state index contributed by atoms with van der Waals surface area (Å²) in [6, 6.07) is 8.21. The van der Waals surface area contributed by atoms with Gasteiger partial charge in [0.2, 0.25) is 22.2 Å². The first kappa shape index (κ1) is 10.9. The fourth-order valence-electron chi connectivity index (χ4n) is 1.28. The Morgan fingerprint density at radius 2 is 1.94 bits per heavy atom. The van der Waals surface area contributed by atoms with Crippen molar-refractivity contribution in [3.8, 4) is 0 Å². The second kappa shape index (κ2) is 4.13. The Bertz CT molecular complexity index is 582. The van der Waals surface area contributed by atoms with Crippen molar-refractivity contribution in [2.75, 3.05) is 0 Å². The molecule has 2 aromatic rings. The summed E-state index contributed by atoms with van der Waals surface area (Å²) in [7, 11) is -1.06. The van der Waals surface area contributed by atoms with Gasteiger partial charge in [-0.25, -0.2) is 8.42 Å². The normalized spacial score (nSPS) is 11.2. The summed E-state index contributed by atoms with van der Waals surface area (Å²) in [4.78, 5) is 0.234. The summed E-state index contributed by atoms with van der Waals surface area (Å²) in [5.74, 6) is 0. The van der Waals surface area contributed by atoms with Crippen LogP contribution < -0.4 is 0 Å². The molecule has 0 bridgehead atoms. The molecule has 0 aliphatic carbocycles. The van der Waals surface area contributed by atoms with Crippen LogP contribution in [0.15, 0.2) is 46.5 Å². The van der Waals surface area contributed by atoms with Crippen LogP contribution >= 0.6 is 0 Å². The second-order valence-corrected chi connectivity index (χ2v) is 5.13. The predicted octanol–water partition coefficient (Wildman–Crippen LogP) is -1.14. The number of hydrogen-bond donors (Lipinski definition) is 0. The van der Waals surface area contributed by atoms with Gasteiger partial charge in [-0.1, -0.05) is 23.4 Å². The van der Waals surface area contributed by atoms with E-state index in [-0.39, 0.29) is 9.92 Å². The lowest BCUT2D eigenvalue weighted by Gasteiger charge is -1.98. The molecule has 0 saturated heterocycles. The van der Waals surface area contributed by atoms with Gasteiger partial charge in [-0.2, -0.15) is 0 Å². The molecule has 2 rings (SSSR count). The molecule has 0 saturated carbocycles. The van der Waals surface area contributed by atoms with E-state index in [4.69, 9.17) is 0 Å². The van der Waals surface area contributed by atoms with Crippen molar-refractivity contribution >= 4 is 24.9 Å². The molecule has 0 aliphatic heterocycles. The molecular formula is C8H9B2N3O2S. The Morgan fingerprint density at radius 1 is 1.25 bits per heavy atom. The van der Waals surface area contributed by atoms with Gasteiger partial charge in [0.1, 0.15) is 0 Å². The van der Waals surface area contributed by atoms with Gasteiger partial charge < -0.3 is 4.59 Å². The van der Waals surface area contributed by atoms with Gasteiger partial charge >= 0.3 is 0 Å². The summed E-state index contributed by atoms with van der Waals surface area (Å²) in [5.41, 5.74) is 0. The van der Waals surface area contributed by atoms with E-state index in [9.17, 15) is 8.42 Å². The van der Waals surface area contributed by atoms with E-state index < -0.39 is 9.84 Å². The second-order valence-electron chi connectivity index (χ2n) is 3.23. The van der Waals surface area contributed by atoms with E-state index in [1.807, 2.05) is 7.74 Å². The largest absolute Gasteiger partial charge is 0.310 e. The Morgan fingerprint density at radius 3 is 2.50 bits per heavy atom. The topological polar surface area (TPSA) is 64.8 Å². The Kier molecular flexibility index (Phi) is 2.82. The fourth-order valence-corrected chi connectivity index (χ4v) is 2.44. The molecule has 0 aliphatic rings. The van der Waals surface area contributed by atoms with Crippen molar-refractivity contribution < 1.29 is 8.42 Å². The predicted molar refractivity (Wildman–Crippen MR) is 63.0 cm³/mol. The summed E-state index contributed by atoms with van der Waals surface area (Å²) in [6.45, 7) is 0. The first-order chi connectivity index (χ1) is 7.64. The van der Waals surface area contributed by atoms with E-state index in [1.54, 1.807) is 30.3 Å². The van der Waals surface area contributed by atoms with Crippen LogP contribution in [0.25, 0.3) is 0 Å². The van der Waals surface area contributed by atoms with Gasteiger partial charge in [-0.15, -0.1) is 5.10 Å². The van der Waals surface area contributed by atoms with Crippen molar-refractivity contribution in [2.24, 2.45) is 0 Å². The van der Waals surface area contributed by atoms with Crippen LogP contribution in [0.4, 0.5) is 0 Å². The minimum Gasteiger partial charge on any atom is -0.310 e. The number of nitrogens with zero attached hydrogens (tertiary/aromatic N) is 3. The third-order valence-corrected chi connectivity index (χ3v) is 3.80. The molecule has 1 aromatic carbocycles. The van der Waals surface area contributed by atoms with Gasteiger partial charge in [0, 0.05) is 6.20 Å². The van der Waals surface area contributed by atoms with Gasteiger partial charge in [0.05, 0.1) is 12.6 Å². The number of benzene rings is 1. The van der Waals surface area contributed by atoms with E-state index in [1.165, 1.54) is 10.8 Å². The fraction of sp³-hybridized carbons (Fsp3) is 0. The third-order valence-electron chi connectivity index (χ3n) is 2.17. The zero-order valence-electron chi connectivity index (χ0n) is 8.74. The maximum Gasteiger partial charge on any atom is 0.227 e. The maximum atomic E-state index is 12.0. The molecule has 0 spiro atoms. The summed E-state index contributed by atoms with van der Waals surface area (Å²) in [6.07, 6.45) is 1.43. The van der Waals surface area contributed by atoms with Crippen LogP contribution in [0.1, 0.15) is 0 Å². The highest BCUT2D eigenvalue weighted by atomic mass is 32.2. The SMILES string of the molecule is BBn1cc(S(=O)(=O)c2ccccc2)nn1. The van der Waals surface area contributed by atoms with Crippen LogP contribution in [0.5, 0.6) is 0 Å². The smallest absolute Gasteiger partial charge is 0.227 e. The molecule has 16 heavy (non-hydrogen) atoms. The molecule has 0 fully saturated rings. The molecule has 8 heteroatoms. The minimum atomic E-state index is -3.52. The minimum absolute atomic E-state index is 0.0134. The Labute approximate surface area is 95.1 Å². The number of aromatic nitrogens is 3. The first-order valence-electron chi connectivity index (χ1n) is 4.85. The van der Waals surface area contributed by atoms with Crippen molar-refractivity contribution in [2.45, 2.75) is 9.92 Å². The summed E-state index contributed by atoms with van der Waals surface area (Å²) in [5, 5.41) is 7.36. The average Bonchev–Trinajstić information content (AvgIpc) is 2.79. The average molecular weight is 233 g/mol. The van der Waals surface area contributed by atoms with Crippen LogP contribution in [0, 0.1) is 0 Å². The number of rotatable bonds is 3. The number of sulfone groups is 1. The van der Waals surface area contributed by atoms with E-state index in [2.05, 4.69) is 10.3 Å². The lowest BCUT2D eigenvalue weighted by atomic mass is 9.67. The Balaban J connectivity index is 2.47. The van der Waals surface area contributed by atoms with Gasteiger partial charge in [-0.3, -0.25) is 0 Å². The lowest BCUT2D eigenvalue weighted by Crippen LogP contribution is -2.06. The van der Waals surface area contributed by atoms with Crippen molar-refractivity contribution in [3.05, 3.63) is 36.5 Å². The van der Waals surface area contributed by atoms with Crippen LogP contribution in [-0.2, 0) is 9.84 Å². The molecule has 80 valence electrons. The molecule has 5 nitrogen and oxygen atoms in total. The van der Waals surface area contributed by atoms with Crippen molar-refractivity contribution in [3.63, 3.8) is 0 Å². The molecule has 0 atom stereocenters. The highest BCUT2D eigenvalue weighted by Gasteiger charge is 2.20. The highest BCUT2D eigenvalue weighted by molar-refractivity contribution is 7.91. The first-order valence-corrected chi connectivity index (χ1v) is 6.33. The monoisotopic (exact) mass is 233 g/mol. The standard InChI is InChI=1S/C8H9B2N3O2S/c9-10-13-6-8(11-12-13)16(14,15)7-4-2-1-3-5-7/h1-6,10H,9H2. The quantitative estimate of drug-likeness (QED) is 0.628.